The van der Waals surface area contributed by atoms with Gasteiger partial charge in [-0.25, -0.2) is 4.98 Å². The minimum Gasteiger partial charge on any atom is -0.363 e. The number of rotatable bonds is 4. The Morgan fingerprint density at radius 2 is 1.89 bits per heavy atom. The third kappa shape index (κ3) is 4.25. The molecule has 5 nitrogen and oxygen atoms in total. The van der Waals surface area contributed by atoms with Crippen molar-refractivity contribution in [2.45, 2.75) is 0 Å². The summed E-state index contributed by atoms with van der Waals surface area (Å²) in [6.07, 6.45) is 6.84. The molecule has 28 heavy (non-hydrogen) atoms. The largest absolute Gasteiger partial charge is 0.363 e. The van der Waals surface area contributed by atoms with Gasteiger partial charge in [0.2, 0.25) is 0 Å². The standard InChI is InChI=1S/C23H19N4O/c1-4-16-8-13-21(25-15-16)26-23(28)20-7-5-6-19(14-20)17-9-11-18(12-10-17)22(24)27(2)3/h1,5-6,8-15,24H,2-3H3,(H,25,26,28). The Hall–Kier alpha value is -3.91. The topological polar surface area (TPSA) is 69.1 Å². The highest BCUT2D eigenvalue weighted by atomic mass is 16.1. The van der Waals surface area contributed by atoms with E-state index in [1.807, 2.05) is 44.4 Å². The van der Waals surface area contributed by atoms with Crippen LogP contribution in [-0.4, -0.2) is 35.7 Å². The molecule has 1 amide bonds. The number of amidine groups is 1. The summed E-state index contributed by atoms with van der Waals surface area (Å²) < 4.78 is 0. The molecule has 0 aliphatic rings. The summed E-state index contributed by atoms with van der Waals surface area (Å²) in [4.78, 5) is 18.4. The smallest absolute Gasteiger partial charge is 0.257 e. The average molecular weight is 367 g/mol. The van der Waals surface area contributed by atoms with E-state index >= 15 is 0 Å². The number of anilines is 1. The maximum absolute atomic E-state index is 12.5. The molecular weight excluding hydrogens is 348 g/mol. The van der Waals surface area contributed by atoms with E-state index in [-0.39, 0.29) is 5.91 Å². The first kappa shape index (κ1) is 18.9. The van der Waals surface area contributed by atoms with Crippen molar-refractivity contribution in [2.75, 3.05) is 19.4 Å². The van der Waals surface area contributed by atoms with Crippen LogP contribution in [0.15, 0.2) is 60.8 Å². The number of carbonyl (C=O) groups is 1. The maximum atomic E-state index is 12.5. The third-order valence-corrected chi connectivity index (χ3v) is 4.16. The summed E-state index contributed by atoms with van der Waals surface area (Å²) in [6.45, 7) is 0. The van der Waals surface area contributed by atoms with Gasteiger partial charge in [-0.05, 0) is 35.4 Å². The van der Waals surface area contributed by atoms with Gasteiger partial charge in [-0.15, -0.1) is 6.42 Å². The van der Waals surface area contributed by atoms with Crippen molar-refractivity contribution in [1.29, 1.82) is 5.41 Å². The lowest BCUT2D eigenvalue weighted by Gasteiger charge is -2.14. The van der Waals surface area contributed by atoms with E-state index < -0.39 is 0 Å². The molecule has 0 unspecified atom stereocenters. The van der Waals surface area contributed by atoms with Gasteiger partial charge in [0.25, 0.3) is 5.91 Å². The van der Waals surface area contributed by atoms with E-state index in [1.165, 1.54) is 6.20 Å². The first-order chi connectivity index (χ1) is 13.5. The third-order valence-electron chi connectivity index (χ3n) is 4.16. The number of nitrogens with zero attached hydrogens (tertiary/aromatic N) is 2. The molecule has 0 fully saturated rings. The molecule has 0 aliphatic heterocycles. The zero-order valence-corrected chi connectivity index (χ0v) is 15.7. The Bertz CT molecular complexity index is 1050. The van der Waals surface area contributed by atoms with Crippen molar-refractivity contribution >= 4 is 17.6 Å². The molecule has 0 spiro atoms. The van der Waals surface area contributed by atoms with Crippen LogP contribution in [0.4, 0.5) is 5.82 Å². The Morgan fingerprint density at radius 1 is 1.14 bits per heavy atom. The molecule has 0 aliphatic carbocycles. The van der Waals surface area contributed by atoms with Gasteiger partial charge in [0.15, 0.2) is 0 Å². The average Bonchev–Trinajstić information content (AvgIpc) is 2.74. The minimum absolute atomic E-state index is 0.297. The number of carbonyl (C=O) groups excluding carboxylic acids is 1. The summed E-state index contributed by atoms with van der Waals surface area (Å²) in [5.41, 5.74) is 3.73. The number of hydrogen-bond acceptors (Lipinski definition) is 3. The Balaban J connectivity index is 1.78. The maximum Gasteiger partial charge on any atom is 0.257 e. The van der Waals surface area contributed by atoms with Crippen LogP contribution in [0.1, 0.15) is 21.5 Å². The molecule has 1 heterocycles. The Kier molecular flexibility index (Phi) is 5.52. The van der Waals surface area contributed by atoms with Gasteiger partial charge in [-0.3, -0.25) is 10.2 Å². The fourth-order valence-corrected chi connectivity index (χ4v) is 2.59. The van der Waals surface area contributed by atoms with Crippen molar-refractivity contribution in [2.24, 2.45) is 0 Å². The lowest BCUT2D eigenvalue weighted by molar-refractivity contribution is 0.102. The summed E-state index contributed by atoms with van der Waals surface area (Å²) in [5, 5.41) is 10.8. The molecule has 0 bridgehead atoms. The second-order valence-electron chi connectivity index (χ2n) is 6.34. The Morgan fingerprint density at radius 3 is 2.50 bits per heavy atom. The molecule has 0 atom stereocenters. The highest BCUT2D eigenvalue weighted by Gasteiger charge is 2.10. The summed E-state index contributed by atoms with van der Waals surface area (Å²) >= 11 is 0. The van der Waals surface area contributed by atoms with Crippen molar-refractivity contribution < 1.29 is 4.79 Å². The van der Waals surface area contributed by atoms with Gasteiger partial charge in [0.1, 0.15) is 11.7 Å². The van der Waals surface area contributed by atoms with Crippen LogP contribution < -0.4 is 5.32 Å². The number of terminal acetylenes is 1. The highest BCUT2D eigenvalue weighted by Crippen LogP contribution is 2.21. The van der Waals surface area contributed by atoms with Crippen LogP contribution in [0.5, 0.6) is 0 Å². The van der Waals surface area contributed by atoms with Crippen LogP contribution in [-0.2, 0) is 0 Å². The van der Waals surface area contributed by atoms with Gasteiger partial charge >= 0.3 is 0 Å². The molecule has 1 radical (unpaired) electrons. The molecule has 0 saturated carbocycles. The zero-order chi connectivity index (χ0) is 20.1. The van der Waals surface area contributed by atoms with Crippen LogP contribution >= 0.6 is 0 Å². The molecule has 2 aromatic carbocycles. The summed E-state index contributed by atoms with van der Waals surface area (Å²) in [6, 6.07) is 19.4. The molecule has 1 aromatic heterocycles. The SMILES string of the molecule is C#Cc1ccc(NC(=O)c2[c]ccc(-c3ccc(C(=N)N(C)C)cc3)c2)nc1. The van der Waals surface area contributed by atoms with Crippen molar-refractivity contribution in [3.8, 4) is 23.5 Å². The summed E-state index contributed by atoms with van der Waals surface area (Å²) in [7, 11) is 3.67. The zero-order valence-electron chi connectivity index (χ0n) is 15.7. The fraction of sp³-hybridized carbons (Fsp3) is 0.0870. The van der Waals surface area contributed by atoms with Crippen molar-refractivity contribution in [3.05, 3.63) is 83.6 Å². The molecule has 2 N–H and O–H groups in total. The molecule has 3 rings (SSSR count). The van der Waals surface area contributed by atoms with E-state index in [0.29, 0.717) is 22.8 Å². The minimum atomic E-state index is -0.297. The van der Waals surface area contributed by atoms with Crippen LogP contribution in [0.25, 0.3) is 11.1 Å². The predicted molar refractivity (Wildman–Crippen MR) is 111 cm³/mol. The Labute approximate surface area is 164 Å². The fourth-order valence-electron chi connectivity index (χ4n) is 2.59. The van der Waals surface area contributed by atoms with Crippen LogP contribution in [0, 0.1) is 23.8 Å². The predicted octanol–water partition coefficient (Wildman–Crippen LogP) is 3.67. The number of pyridine rings is 1. The monoisotopic (exact) mass is 367 g/mol. The first-order valence-electron chi connectivity index (χ1n) is 8.60. The number of hydrogen-bond donors (Lipinski definition) is 2. The van der Waals surface area contributed by atoms with Crippen molar-refractivity contribution in [3.63, 3.8) is 0 Å². The number of aromatic nitrogens is 1. The van der Waals surface area contributed by atoms with Gasteiger partial charge in [0, 0.05) is 37.0 Å². The van der Waals surface area contributed by atoms with E-state index in [9.17, 15) is 4.79 Å². The number of benzene rings is 2. The van der Waals surface area contributed by atoms with Crippen LogP contribution in [0.2, 0.25) is 0 Å². The van der Waals surface area contributed by atoms with Gasteiger partial charge in [0.05, 0.1) is 0 Å². The normalized spacial score (nSPS) is 10.0. The van der Waals surface area contributed by atoms with Gasteiger partial charge in [-0.2, -0.15) is 0 Å². The quantitative estimate of drug-likeness (QED) is 0.420. The highest BCUT2D eigenvalue weighted by molar-refractivity contribution is 6.04. The molecule has 137 valence electrons. The first-order valence-corrected chi connectivity index (χ1v) is 8.60. The van der Waals surface area contributed by atoms with E-state index in [2.05, 4.69) is 22.3 Å². The molecule has 3 aromatic rings. The van der Waals surface area contributed by atoms with E-state index in [4.69, 9.17) is 11.8 Å². The molecule has 0 saturated heterocycles. The molecular formula is C23H19N4O. The second-order valence-corrected chi connectivity index (χ2v) is 6.34. The molecule has 5 heteroatoms. The lowest BCUT2D eigenvalue weighted by Crippen LogP contribution is -2.21. The van der Waals surface area contributed by atoms with Gasteiger partial charge < -0.3 is 10.2 Å². The van der Waals surface area contributed by atoms with E-state index in [0.717, 1.165) is 16.7 Å². The summed E-state index contributed by atoms with van der Waals surface area (Å²) in [5.74, 6) is 3.05. The lowest BCUT2D eigenvalue weighted by atomic mass is 10.0. The van der Waals surface area contributed by atoms with Crippen molar-refractivity contribution in [1.82, 2.24) is 9.88 Å². The van der Waals surface area contributed by atoms with Crippen LogP contribution in [0.3, 0.4) is 0 Å². The number of nitrogens with one attached hydrogen (secondary N) is 2. The number of amides is 1. The van der Waals surface area contributed by atoms with E-state index in [1.54, 1.807) is 29.2 Å². The van der Waals surface area contributed by atoms with Gasteiger partial charge in [-0.1, -0.05) is 42.3 Å². The second kappa shape index (κ2) is 8.19.